The highest BCUT2D eigenvalue weighted by molar-refractivity contribution is 5.24. The second kappa shape index (κ2) is 7.73. The summed E-state index contributed by atoms with van der Waals surface area (Å²) < 4.78 is 0. The molecule has 0 bridgehead atoms. The topological polar surface area (TPSA) is 43.7 Å². The lowest BCUT2D eigenvalue weighted by atomic mass is 9.91. The van der Waals surface area contributed by atoms with Crippen molar-refractivity contribution >= 4 is 0 Å². The summed E-state index contributed by atoms with van der Waals surface area (Å²) >= 11 is 0. The lowest BCUT2D eigenvalue weighted by Gasteiger charge is -2.39. The molecule has 2 aromatic carbocycles. The normalized spacial score (nSPS) is 19.9. The molecular formula is C20H25NO2. The number of rotatable bonds is 5. The molecule has 1 fully saturated rings. The van der Waals surface area contributed by atoms with Gasteiger partial charge in [-0.2, -0.15) is 0 Å². The fourth-order valence-corrected chi connectivity index (χ4v) is 3.49. The molecule has 0 saturated carbocycles. The van der Waals surface area contributed by atoms with Crippen LogP contribution in [0.15, 0.2) is 60.7 Å². The first-order valence-electron chi connectivity index (χ1n) is 8.47. The maximum Gasteiger partial charge on any atom is 0.107 e. The molecule has 1 saturated heterocycles. The summed E-state index contributed by atoms with van der Waals surface area (Å²) in [6.07, 6.45) is 1.81. The van der Waals surface area contributed by atoms with Crippen molar-refractivity contribution in [1.82, 2.24) is 4.90 Å². The van der Waals surface area contributed by atoms with E-state index < -0.39 is 12.2 Å². The first-order chi connectivity index (χ1) is 11.3. The molecule has 1 aliphatic heterocycles. The molecule has 1 heterocycles. The predicted octanol–water partition coefficient (Wildman–Crippen LogP) is 3.31. The monoisotopic (exact) mass is 311 g/mol. The second-order valence-corrected chi connectivity index (χ2v) is 6.30. The lowest BCUT2D eigenvalue weighted by molar-refractivity contribution is -0.0461. The van der Waals surface area contributed by atoms with Crippen LogP contribution in [0.1, 0.15) is 42.5 Å². The van der Waals surface area contributed by atoms with Crippen LogP contribution in [0.5, 0.6) is 0 Å². The number of hydrogen-bond acceptors (Lipinski definition) is 3. The van der Waals surface area contributed by atoms with E-state index in [1.165, 1.54) is 6.42 Å². The van der Waals surface area contributed by atoms with Crippen LogP contribution in [-0.4, -0.2) is 34.3 Å². The minimum Gasteiger partial charge on any atom is -0.388 e. The average Bonchev–Trinajstić information content (AvgIpc) is 2.64. The number of piperidine rings is 1. The molecule has 1 aliphatic rings. The Kier molecular flexibility index (Phi) is 5.44. The third-order valence-electron chi connectivity index (χ3n) is 4.71. The molecular weight excluding hydrogens is 286 g/mol. The second-order valence-electron chi connectivity index (χ2n) is 6.30. The Labute approximate surface area is 138 Å². The summed E-state index contributed by atoms with van der Waals surface area (Å²) in [5, 5.41) is 21.6. The fourth-order valence-electron chi connectivity index (χ4n) is 3.49. The van der Waals surface area contributed by atoms with Crippen molar-refractivity contribution in [2.75, 3.05) is 13.1 Å². The van der Waals surface area contributed by atoms with Gasteiger partial charge in [-0.15, -0.1) is 0 Å². The Morgan fingerprint density at radius 2 is 1.22 bits per heavy atom. The zero-order valence-electron chi connectivity index (χ0n) is 13.4. The van der Waals surface area contributed by atoms with Crippen molar-refractivity contribution in [3.8, 4) is 0 Å². The number of aliphatic hydroxyl groups is 2. The van der Waals surface area contributed by atoms with E-state index in [2.05, 4.69) is 4.90 Å². The molecule has 2 aromatic rings. The van der Waals surface area contributed by atoms with Gasteiger partial charge in [0.15, 0.2) is 0 Å². The van der Waals surface area contributed by atoms with Gasteiger partial charge in [-0.3, -0.25) is 4.90 Å². The van der Waals surface area contributed by atoms with Crippen LogP contribution in [0, 0.1) is 0 Å². The van der Waals surface area contributed by atoms with Gasteiger partial charge in [0, 0.05) is 0 Å². The van der Waals surface area contributed by atoms with Crippen molar-refractivity contribution in [1.29, 1.82) is 0 Å². The number of nitrogens with zero attached hydrogens (tertiary/aromatic N) is 1. The molecule has 3 rings (SSSR count). The Morgan fingerprint density at radius 1 is 0.696 bits per heavy atom. The van der Waals surface area contributed by atoms with Crippen molar-refractivity contribution in [3.05, 3.63) is 71.8 Å². The van der Waals surface area contributed by atoms with Gasteiger partial charge < -0.3 is 10.2 Å². The first kappa shape index (κ1) is 16.2. The summed E-state index contributed by atoms with van der Waals surface area (Å²) in [5.74, 6) is 0. The van der Waals surface area contributed by atoms with Gasteiger partial charge in [-0.25, -0.2) is 0 Å². The Morgan fingerprint density at radius 3 is 1.78 bits per heavy atom. The highest BCUT2D eigenvalue weighted by Crippen LogP contribution is 2.33. The maximum atomic E-state index is 10.9. The molecule has 0 aromatic heterocycles. The first-order valence-corrected chi connectivity index (χ1v) is 8.47. The van der Waals surface area contributed by atoms with Crippen LogP contribution >= 0.6 is 0 Å². The van der Waals surface area contributed by atoms with Gasteiger partial charge in [0.2, 0.25) is 0 Å². The maximum absolute atomic E-state index is 10.9. The van der Waals surface area contributed by atoms with Gasteiger partial charge >= 0.3 is 0 Å². The zero-order chi connectivity index (χ0) is 16.1. The number of likely N-dealkylation sites (tertiary alicyclic amines) is 1. The van der Waals surface area contributed by atoms with E-state index in [0.717, 1.165) is 37.1 Å². The van der Waals surface area contributed by atoms with E-state index in [4.69, 9.17) is 0 Å². The molecule has 0 aliphatic carbocycles. The van der Waals surface area contributed by atoms with Crippen LogP contribution < -0.4 is 0 Å². The van der Waals surface area contributed by atoms with Gasteiger partial charge in [0.05, 0.1) is 6.04 Å². The van der Waals surface area contributed by atoms with Crippen LogP contribution in [-0.2, 0) is 0 Å². The van der Waals surface area contributed by atoms with Crippen LogP contribution in [0.3, 0.4) is 0 Å². The molecule has 3 atom stereocenters. The average molecular weight is 311 g/mol. The van der Waals surface area contributed by atoms with Crippen LogP contribution in [0.4, 0.5) is 0 Å². The van der Waals surface area contributed by atoms with Gasteiger partial charge in [-0.05, 0) is 37.1 Å². The summed E-state index contributed by atoms with van der Waals surface area (Å²) in [7, 11) is 0. The smallest absolute Gasteiger partial charge is 0.107 e. The molecule has 0 unspecified atom stereocenters. The van der Waals surface area contributed by atoms with E-state index in [-0.39, 0.29) is 6.04 Å². The minimum atomic E-state index is -0.886. The standard InChI is InChI=1S/C20H25NO2/c22-19(17-12-6-2-7-13-17)20(23)18(16-10-4-1-5-11-16)21-14-8-3-9-15-21/h1-2,4-7,10-13,18-20,22-23H,3,8-9,14-15H2/t18-,19+,20+/m0/s1. The number of hydrogen-bond donors (Lipinski definition) is 2. The van der Waals surface area contributed by atoms with Crippen LogP contribution in [0.2, 0.25) is 0 Å². The predicted molar refractivity (Wildman–Crippen MR) is 92.0 cm³/mol. The largest absolute Gasteiger partial charge is 0.388 e. The van der Waals surface area contributed by atoms with Crippen molar-refractivity contribution < 1.29 is 10.2 Å². The highest BCUT2D eigenvalue weighted by Gasteiger charge is 2.33. The number of benzene rings is 2. The van der Waals surface area contributed by atoms with Gasteiger partial charge in [0.1, 0.15) is 12.2 Å². The van der Waals surface area contributed by atoms with E-state index in [9.17, 15) is 10.2 Å². The van der Waals surface area contributed by atoms with E-state index in [1.54, 1.807) is 0 Å². The summed E-state index contributed by atoms with van der Waals surface area (Å²) in [6, 6.07) is 19.3. The van der Waals surface area contributed by atoms with Gasteiger partial charge in [-0.1, -0.05) is 67.1 Å². The Bertz CT molecular complexity index is 581. The van der Waals surface area contributed by atoms with Crippen molar-refractivity contribution in [2.24, 2.45) is 0 Å². The molecule has 3 nitrogen and oxygen atoms in total. The summed E-state index contributed by atoms with van der Waals surface area (Å²) in [5.41, 5.74) is 1.83. The molecule has 3 heteroatoms. The highest BCUT2D eigenvalue weighted by atomic mass is 16.3. The molecule has 2 N–H and O–H groups in total. The fraction of sp³-hybridized carbons (Fsp3) is 0.400. The van der Waals surface area contributed by atoms with Crippen molar-refractivity contribution in [3.63, 3.8) is 0 Å². The number of aliphatic hydroxyl groups excluding tert-OH is 2. The van der Waals surface area contributed by atoms with Gasteiger partial charge in [0.25, 0.3) is 0 Å². The Hall–Kier alpha value is -1.68. The third kappa shape index (κ3) is 3.81. The Balaban J connectivity index is 1.87. The minimum absolute atomic E-state index is 0.174. The summed E-state index contributed by atoms with van der Waals surface area (Å²) in [6.45, 7) is 1.94. The molecule has 23 heavy (non-hydrogen) atoms. The quantitative estimate of drug-likeness (QED) is 0.890. The van der Waals surface area contributed by atoms with E-state index in [1.807, 2.05) is 60.7 Å². The third-order valence-corrected chi connectivity index (χ3v) is 4.71. The molecule has 0 amide bonds. The van der Waals surface area contributed by atoms with Crippen LogP contribution in [0.25, 0.3) is 0 Å². The summed E-state index contributed by atoms with van der Waals surface area (Å²) in [4.78, 5) is 2.32. The SMILES string of the molecule is O[C@@H]([C@H](O)c1ccccc1)[C@H](c1ccccc1)N1CCCCC1. The molecule has 0 radical (unpaired) electrons. The molecule has 122 valence electrons. The van der Waals surface area contributed by atoms with Crippen molar-refractivity contribution in [2.45, 2.75) is 37.5 Å². The lowest BCUT2D eigenvalue weighted by Crippen LogP contribution is -2.42. The van der Waals surface area contributed by atoms with E-state index >= 15 is 0 Å². The van der Waals surface area contributed by atoms with E-state index in [0.29, 0.717) is 0 Å². The zero-order valence-corrected chi connectivity index (χ0v) is 13.4. The molecule has 0 spiro atoms.